The summed E-state index contributed by atoms with van der Waals surface area (Å²) in [5.41, 5.74) is 3.40. The summed E-state index contributed by atoms with van der Waals surface area (Å²) in [6.45, 7) is 6.49. The van der Waals surface area contributed by atoms with E-state index >= 15 is 0 Å². The summed E-state index contributed by atoms with van der Waals surface area (Å²) in [6.07, 6.45) is 2.12. The van der Waals surface area contributed by atoms with Crippen molar-refractivity contribution in [1.29, 1.82) is 0 Å². The Labute approximate surface area is 124 Å². The van der Waals surface area contributed by atoms with Crippen molar-refractivity contribution in [2.45, 2.75) is 25.9 Å². The molecule has 1 aliphatic rings. The molecule has 108 valence electrons. The number of aromatic nitrogens is 2. The number of fused-ring (bicyclic) bond motifs is 3. The van der Waals surface area contributed by atoms with Gasteiger partial charge in [-0.25, -0.2) is 4.98 Å². The van der Waals surface area contributed by atoms with Crippen LogP contribution in [-0.4, -0.2) is 34.6 Å². The van der Waals surface area contributed by atoms with E-state index in [1.54, 1.807) is 0 Å². The molecule has 1 N–H and O–H groups in total. The second-order valence-electron chi connectivity index (χ2n) is 6.00. The van der Waals surface area contributed by atoms with Crippen LogP contribution in [0.15, 0.2) is 42.6 Å². The highest BCUT2D eigenvalue weighted by atomic mass is 15.3. The van der Waals surface area contributed by atoms with Crippen molar-refractivity contribution in [3.05, 3.63) is 42.6 Å². The molecule has 2 aromatic heterocycles. The number of para-hydroxylation sites is 2. The van der Waals surface area contributed by atoms with Crippen LogP contribution < -0.4 is 10.2 Å². The lowest BCUT2D eigenvalue weighted by Crippen LogP contribution is -2.54. The number of benzene rings is 1. The van der Waals surface area contributed by atoms with Crippen LogP contribution in [0, 0.1) is 0 Å². The highest BCUT2D eigenvalue weighted by molar-refractivity contribution is 5.85. The van der Waals surface area contributed by atoms with E-state index in [-0.39, 0.29) is 0 Å². The first-order chi connectivity index (χ1) is 10.2. The van der Waals surface area contributed by atoms with Crippen molar-refractivity contribution < 1.29 is 0 Å². The SMILES string of the molecule is CC1CN(c2nc3ccccc3n3cccc23)C(C)CN1. The molecule has 0 amide bonds. The monoisotopic (exact) mass is 280 g/mol. The quantitative estimate of drug-likeness (QED) is 0.744. The van der Waals surface area contributed by atoms with Crippen LogP contribution in [0.3, 0.4) is 0 Å². The zero-order valence-electron chi connectivity index (χ0n) is 12.5. The predicted molar refractivity (Wildman–Crippen MR) is 87.0 cm³/mol. The standard InChI is InChI=1S/C17H20N4/c1-12-11-21(13(2)10-18-12)17-16-8-5-9-20(16)15-7-4-3-6-14(15)19-17/h3-9,12-13,18H,10-11H2,1-2H3. The minimum atomic E-state index is 0.452. The molecule has 4 rings (SSSR count). The number of anilines is 1. The molecule has 3 aromatic rings. The first kappa shape index (κ1) is 12.7. The molecule has 4 nitrogen and oxygen atoms in total. The Kier molecular flexibility index (Phi) is 2.86. The Balaban J connectivity index is 1.95. The molecule has 0 radical (unpaired) electrons. The van der Waals surface area contributed by atoms with Crippen molar-refractivity contribution in [2.75, 3.05) is 18.0 Å². The maximum Gasteiger partial charge on any atom is 0.154 e. The molecule has 0 bridgehead atoms. The molecule has 2 unspecified atom stereocenters. The molecule has 2 atom stereocenters. The molecular weight excluding hydrogens is 260 g/mol. The maximum atomic E-state index is 4.96. The van der Waals surface area contributed by atoms with Crippen LogP contribution in [0.2, 0.25) is 0 Å². The van der Waals surface area contributed by atoms with Gasteiger partial charge in [0, 0.05) is 31.4 Å². The van der Waals surface area contributed by atoms with Gasteiger partial charge >= 0.3 is 0 Å². The van der Waals surface area contributed by atoms with E-state index in [0.717, 1.165) is 29.9 Å². The van der Waals surface area contributed by atoms with Crippen LogP contribution >= 0.6 is 0 Å². The van der Waals surface area contributed by atoms with Crippen LogP contribution in [0.1, 0.15) is 13.8 Å². The van der Waals surface area contributed by atoms with Gasteiger partial charge in [-0.15, -0.1) is 0 Å². The molecule has 0 aliphatic carbocycles. The molecule has 1 aliphatic heterocycles. The molecule has 0 spiro atoms. The van der Waals surface area contributed by atoms with Crippen molar-refractivity contribution in [2.24, 2.45) is 0 Å². The van der Waals surface area contributed by atoms with Gasteiger partial charge in [-0.3, -0.25) is 0 Å². The average molecular weight is 280 g/mol. The summed E-state index contributed by atoms with van der Waals surface area (Å²) in [5.74, 6) is 1.10. The molecule has 1 fully saturated rings. The van der Waals surface area contributed by atoms with Gasteiger partial charge in [-0.1, -0.05) is 12.1 Å². The van der Waals surface area contributed by atoms with E-state index in [2.05, 4.69) is 71.1 Å². The minimum absolute atomic E-state index is 0.452. The maximum absolute atomic E-state index is 4.96. The number of nitrogens with zero attached hydrogens (tertiary/aromatic N) is 3. The number of rotatable bonds is 1. The van der Waals surface area contributed by atoms with Gasteiger partial charge in [0.05, 0.1) is 16.6 Å². The normalized spacial score (nSPS) is 23.0. The van der Waals surface area contributed by atoms with Gasteiger partial charge in [0.25, 0.3) is 0 Å². The Hall–Kier alpha value is -2.07. The molecule has 4 heteroatoms. The fraction of sp³-hybridized carbons (Fsp3) is 0.353. The fourth-order valence-electron chi connectivity index (χ4n) is 3.24. The van der Waals surface area contributed by atoms with E-state index in [9.17, 15) is 0 Å². The van der Waals surface area contributed by atoms with Crippen molar-refractivity contribution >= 4 is 22.4 Å². The fourth-order valence-corrected chi connectivity index (χ4v) is 3.24. The summed E-state index contributed by atoms with van der Waals surface area (Å²) >= 11 is 0. The van der Waals surface area contributed by atoms with Crippen LogP contribution in [0.25, 0.3) is 16.6 Å². The summed E-state index contributed by atoms with van der Waals surface area (Å²) in [6, 6.07) is 13.5. The van der Waals surface area contributed by atoms with E-state index in [1.165, 1.54) is 5.52 Å². The zero-order chi connectivity index (χ0) is 14.4. The van der Waals surface area contributed by atoms with E-state index < -0.39 is 0 Å². The Bertz CT molecular complexity index is 792. The van der Waals surface area contributed by atoms with Crippen molar-refractivity contribution in [1.82, 2.24) is 14.7 Å². The topological polar surface area (TPSA) is 32.6 Å². The average Bonchev–Trinajstić information content (AvgIpc) is 2.99. The lowest BCUT2D eigenvalue weighted by Gasteiger charge is -2.38. The van der Waals surface area contributed by atoms with Gasteiger partial charge in [-0.2, -0.15) is 0 Å². The van der Waals surface area contributed by atoms with Crippen LogP contribution in [0.4, 0.5) is 5.82 Å². The van der Waals surface area contributed by atoms with Gasteiger partial charge < -0.3 is 14.6 Å². The number of nitrogens with one attached hydrogen (secondary N) is 1. The lowest BCUT2D eigenvalue weighted by atomic mass is 10.1. The van der Waals surface area contributed by atoms with Gasteiger partial charge in [-0.05, 0) is 38.1 Å². The summed E-state index contributed by atoms with van der Waals surface area (Å²) in [7, 11) is 0. The summed E-state index contributed by atoms with van der Waals surface area (Å²) in [5, 5.41) is 3.53. The third-order valence-corrected chi connectivity index (χ3v) is 4.38. The summed E-state index contributed by atoms with van der Waals surface area (Å²) in [4.78, 5) is 7.39. The predicted octanol–water partition coefficient (Wildman–Crippen LogP) is 2.67. The highest BCUT2D eigenvalue weighted by Gasteiger charge is 2.25. The first-order valence-corrected chi connectivity index (χ1v) is 7.60. The van der Waals surface area contributed by atoms with E-state index in [4.69, 9.17) is 4.98 Å². The first-order valence-electron chi connectivity index (χ1n) is 7.60. The zero-order valence-corrected chi connectivity index (χ0v) is 12.5. The molecule has 0 saturated carbocycles. The highest BCUT2D eigenvalue weighted by Crippen LogP contribution is 2.27. The van der Waals surface area contributed by atoms with Crippen LogP contribution in [-0.2, 0) is 0 Å². The second-order valence-corrected chi connectivity index (χ2v) is 6.00. The second kappa shape index (κ2) is 4.74. The van der Waals surface area contributed by atoms with Crippen LogP contribution in [0.5, 0.6) is 0 Å². The smallest absolute Gasteiger partial charge is 0.154 e. The Morgan fingerprint density at radius 2 is 1.90 bits per heavy atom. The van der Waals surface area contributed by atoms with E-state index in [0.29, 0.717) is 12.1 Å². The summed E-state index contributed by atoms with van der Waals surface area (Å²) < 4.78 is 2.25. The molecule has 21 heavy (non-hydrogen) atoms. The van der Waals surface area contributed by atoms with Gasteiger partial charge in [0.1, 0.15) is 0 Å². The van der Waals surface area contributed by atoms with Gasteiger partial charge in [0.15, 0.2) is 5.82 Å². The number of hydrogen-bond donors (Lipinski definition) is 1. The number of piperazine rings is 1. The third-order valence-electron chi connectivity index (χ3n) is 4.38. The van der Waals surface area contributed by atoms with Gasteiger partial charge in [0.2, 0.25) is 0 Å². The Morgan fingerprint density at radius 1 is 1.10 bits per heavy atom. The molecule has 3 heterocycles. The number of hydrogen-bond acceptors (Lipinski definition) is 3. The van der Waals surface area contributed by atoms with Crippen molar-refractivity contribution in [3.8, 4) is 0 Å². The molecule has 1 aromatic carbocycles. The lowest BCUT2D eigenvalue weighted by molar-refractivity contribution is 0.423. The third kappa shape index (κ3) is 1.98. The van der Waals surface area contributed by atoms with E-state index in [1.807, 2.05) is 0 Å². The minimum Gasteiger partial charge on any atom is -0.349 e. The molecule has 1 saturated heterocycles. The Morgan fingerprint density at radius 3 is 2.81 bits per heavy atom. The largest absolute Gasteiger partial charge is 0.349 e. The molecular formula is C17H20N4. The van der Waals surface area contributed by atoms with Crippen molar-refractivity contribution in [3.63, 3.8) is 0 Å².